The number of nitro groups is 1. The first-order valence-corrected chi connectivity index (χ1v) is 6.61. The van der Waals surface area contributed by atoms with Crippen LogP contribution in [0.3, 0.4) is 0 Å². The summed E-state index contributed by atoms with van der Waals surface area (Å²) < 4.78 is 0. The van der Waals surface area contributed by atoms with Crippen LogP contribution in [0.2, 0.25) is 0 Å². The highest BCUT2D eigenvalue weighted by Crippen LogP contribution is 2.20. The Bertz CT molecular complexity index is 500. The molecule has 6 heteroatoms. The summed E-state index contributed by atoms with van der Waals surface area (Å²) in [7, 11) is 0. The summed E-state index contributed by atoms with van der Waals surface area (Å²) in [6.45, 7) is 6.16. The molecule has 0 aliphatic heterocycles. The van der Waals surface area contributed by atoms with Gasteiger partial charge < -0.3 is 11.1 Å². The summed E-state index contributed by atoms with van der Waals surface area (Å²) in [5, 5.41) is 13.7. The van der Waals surface area contributed by atoms with E-state index >= 15 is 0 Å². The van der Waals surface area contributed by atoms with Crippen LogP contribution in [-0.2, 0) is 0 Å². The molecule has 1 aromatic carbocycles. The molecule has 0 saturated carbocycles. The molecule has 0 aliphatic rings. The second-order valence-electron chi connectivity index (χ2n) is 5.31. The van der Waals surface area contributed by atoms with Gasteiger partial charge in [0.25, 0.3) is 11.6 Å². The van der Waals surface area contributed by atoms with Gasteiger partial charge in [-0.3, -0.25) is 14.9 Å². The Balaban J connectivity index is 2.96. The first-order chi connectivity index (χ1) is 9.35. The summed E-state index contributed by atoms with van der Waals surface area (Å²) in [4.78, 5) is 22.6. The molecule has 0 spiro atoms. The molecule has 1 unspecified atom stereocenters. The normalized spacial score (nSPS) is 12.2. The number of hydrogen-bond donors (Lipinski definition) is 2. The zero-order chi connectivity index (χ0) is 15.3. The van der Waals surface area contributed by atoms with E-state index in [4.69, 9.17) is 5.73 Å². The Morgan fingerprint density at radius 2 is 2.10 bits per heavy atom. The third-order valence-electron chi connectivity index (χ3n) is 2.97. The Morgan fingerprint density at radius 3 is 2.60 bits per heavy atom. The number of nitrogens with one attached hydrogen (secondary N) is 1. The van der Waals surface area contributed by atoms with Crippen LogP contribution in [0, 0.1) is 23.0 Å². The predicted molar refractivity (Wildman–Crippen MR) is 77.6 cm³/mol. The first kappa shape index (κ1) is 16.1. The largest absolute Gasteiger partial charge is 0.348 e. The summed E-state index contributed by atoms with van der Waals surface area (Å²) in [5.74, 6) is -0.0622. The van der Waals surface area contributed by atoms with Crippen molar-refractivity contribution in [3.8, 4) is 0 Å². The smallest absolute Gasteiger partial charge is 0.282 e. The predicted octanol–water partition coefficient (Wildman–Crippen LogP) is 2.01. The van der Waals surface area contributed by atoms with Gasteiger partial charge in [-0.05, 0) is 30.9 Å². The maximum atomic E-state index is 12.2. The fraction of sp³-hybridized carbons (Fsp3) is 0.500. The molecular formula is C14H21N3O3. The molecule has 0 heterocycles. The van der Waals surface area contributed by atoms with Crippen LogP contribution in [0.5, 0.6) is 0 Å². The first-order valence-electron chi connectivity index (χ1n) is 6.61. The van der Waals surface area contributed by atoms with E-state index < -0.39 is 10.8 Å². The van der Waals surface area contributed by atoms with E-state index in [9.17, 15) is 14.9 Å². The molecule has 0 aliphatic carbocycles. The highest BCUT2D eigenvalue weighted by Gasteiger charge is 2.22. The Morgan fingerprint density at radius 1 is 1.45 bits per heavy atom. The lowest BCUT2D eigenvalue weighted by molar-refractivity contribution is -0.385. The highest BCUT2D eigenvalue weighted by atomic mass is 16.6. The molecule has 0 radical (unpaired) electrons. The van der Waals surface area contributed by atoms with E-state index in [2.05, 4.69) is 5.32 Å². The molecule has 3 N–H and O–H groups in total. The Hall–Kier alpha value is -1.95. The van der Waals surface area contributed by atoms with Crippen molar-refractivity contribution in [2.45, 2.75) is 33.2 Å². The minimum atomic E-state index is -0.547. The molecule has 0 saturated heterocycles. The quantitative estimate of drug-likeness (QED) is 0.614. The van der Waals surface area contributed by atoms with Crippen molar-refractivity contribution >= 4 is 11.6 Å². The van der Waals surface area contributed by atoms with Gasteiger partial charge in [0.15, 0.2) is 0 Å². The molecule has 0 fully saturated rings. The van der Waals surface area contributed by atoms with E-state index in [1.165, 1.54) is 12.1 Å². The fourth-order valence-electron chi connectivity index (χ4n) is 2.04. The minimum absolute atomic E-state index is 0.0807. The molecule has 1 atom stereocenters. The maximum absolute atomic E-state index is 12.2. The number of nitrogens with zero attached hydrogens (tertiary/aromatic N) is 1. The molecule has 20 heavy (non-hydrogen) atoms. The summed E-state index contributed by atoms with van der Waals surface area (Å²) >= 11 is 0. The minimum Gasteiger partial charge on any atom is -0.348 e. The number of nitro benzene ring substituents is 1. The second kappa shape index (κ2) is 7.00. The number of nitrogens with two attached hydrogens (primary N) is 1. The summed E-state index contributed by atoms with van der Waals surface area (Å²) in [6.07, 6.45) is 0.738. The molecule has 1 amide bonds. The number of amides is 1. The van der Waals surface area contributed by atoms with Gasteiger partial charge in [-0.15, -0.1) is 0 Å². The van der Waals surface area contributed by atoms with Crippen LogP contribution in [0.4, 0.5) is 5.69 Å². The third-order valence-corrected chi connectivity index (χ3v) is 2.97. The molecule has 110 valence electrons. The lowest BCUT2D eigenvalue weighted by Gasteiger charge is -2.18. The van der Waals surface area contributed by atoms with Gasteiger partial charge in [0.2, 0.25) is 0 Å². The Labute approximate surface area is 118 Å². The summed E-state index contributed by atoms with van der Waals surface area (Å²) in [6, 6.07) is 4.31. The van der Waals surface area contributed by atoms with Crippen LogP contribution in [0.15, 0.2) is 18.2 Å². The van der Waals surface area contributed by atoms with E-state index in [0.29, 0.717) is 12.5 Å². The lowest BCUT2D eigenvalue weighted by Crippen LogP contribution is -2.41. The zero-order valence-corrected chi connectivity index (χ0v) is 12.1. The van der Waals surface area contributed by atoms with Gasteiger partial charge in [-0.2, -0.15) is 0 Å². The van der Waals surface area contributed by atoms with E-state index in [-0.39, 0.29) is 17.3 Å². The number of hydrogen-bond acceptors (Lipinski definition) is 4. The fourth-order valence-corrected chi connectivity index (χ4v) is 2.04. The number of aryl methyl sites for hydroxylation is 1. The van der Waals surface area contributed by atoms with Gasteiger partial charge in [0.1, 0.15) is 5.56 Å². The van der Waals surface area contributed by atoms with E-state index in [1.54, 1.807) is 13.0 Å². The lowest BCUT2D eigenvalue weighted by atomic mass is 10.0. The van der Waals surface area contributed by atoms with Gasteiger partial charge in [0, 0.05) is 18.7 Å². The monoisotopic (exact) mass is 279 g/mol. The molecule has 1 aromatic rings. The molecule has 6 nitrogen and oxygen atoms in total. The third kappa shape index (κ3) is 4.31. The summed E-state index contributed by atoms with van der Waals surface area (Å²) in [5.41, 5.74) is 6.32. The average molecular weight is 279 g/mol. The molecular weight excluding hydrogens is 258 g/mol. The van der Waals surface area contributed by atoms with Crippen molar-refractivity contribution in [1.29, 1.82) is 0 Å². The number of carbonyl (C=O) groups is 1. The van der Waals surface area contributed by atoms with Crippen molar-refractivity contribution in [1.82, 2.24) is 5.32 Å². The standard InChI is InChI=1S/C14H21N3O3/c1-9(2)6-11(8-15)16-14(18)12-7-10(3)4-5-13(12)17(19)20/h4-5,7,9,11H,6,8,15H2,1-3H3,(H,16,18). The Kier molecular flexibility index (Phi) is 5.64. The van der Waals surface area contributed by atoms with Crippen LogP contribution in [0.1, 0.15) is 36.2 Å². The topological polar surface area (TPSA) is 98.3 Å². The van der Waals surface area contributed by atoms with Gasteiger partial charge in [-0.25, -0.2) is 0 Å². The van der Waals surface area contributed by atoms with Crippen molar-refractivity contribution in [3.63, 3.8) is 0 Å². The highest BCUT2D eigenvalue weighted by molar-refractivity contribution is 5.98. The maximum Gasteiger partial charge on any atom is 0.282 e. The van der Waals surface area contributed by atoms with Crippen LogP contribution >= 0.6 is 0 Å². The number of carbonyl (C=O) groups excluding carboxylic acids is 1. The molecule has 0 bridgehead atoms. The van der Waals surface area contributed by atoms with Crippen molar-refractivity contribution in [2.24, 2.45) is 11.7 Å². The molecule has 1 rings (SSSR count). The second-order valence-corrected chi connectivity index (χ2v) is 5.31. The van der Waals surface area contributed by atoms with E-state index in [0.717, 1.165) is 12.0 Å². The van der Waals surface area contributed by atoms with Crippen LogP contribution < -0.4 is 11.1 Å². The van der Waals surface area contributed by atoms with Crippen LogP contribution in [0.25, 0.3) is 0 Å². The van der Waals surface area contributed by atoms with Gasteiger partial charge >= 0.3 is 0 Å². The number of rotatable bonds is 6. The average Bonchev–Trinajstić information content (AvgIpc) is 2.36. The number of benzene rings is 1. The van der Waals surface area contributed by atoms with E-state index in [1.807, 2.05) is 13.8 Å². The van der Waals surface area contributed by atoms with Gasteiger partial charge in [-0.1, -0.05) is 19.9 Å². The molecule has 0 aromatic heterocycles. The van der Waals surface area contributed by atoms with Crippen molar-refractivity contribution < 1.29 is 9.72 Å². The van der Waals surface area contributed by atoms with Crippen molar-refractivity contribution in [2.75, 3.05) is 6.54 Å². The van der Waals surface area contributed by atoms with Crippen LogP contribution in [-0.4, -0.2) is 23.4 Å². The van der Waals surface area contributed by atoms with Crippen molar-refractivity contribution in [3.05, 3.63) is 39.4 Å². The van der Waals surface area contributed by atoms with Gasteiger partial charge in [0.05, 0.1) is 4.92 Å². The SMILES string of the molecule is Cc1ccc([N+](=O)[O-])c(C(=O)NC(CN)CC(C)C)c1. The zero-order valence-electron chi connectivity index (χ0n) is 12.1.